The molecule has 148 valence electrons. The van der Waals surface area contributed by atoms with Crippen LogP contribution in [-0.4, -0.2) is 39.7 Å². The number of hydrogen-bond acceptors (Lipinski definition) is 7. The highest BCUT2D eigenvalue weighted by Gasteiger charge is 2.16. The number of amides is 1. The Morgan fingerprint density at radius 3 is 2.75 bits per heavy atom. The third-order valence-corrected chi connectivity index (χ3v) is 6.08. The van der Waals surface area contributed by atoms with E-state index in [1.54, 1.807) is 23.5 Å². The molecule has 0 saturated heterocycles. The van der Waals surface area contributed by atoms with Crippen LogP contribution in [0.5, 0.6) is 0 Å². The highest BCUT2D eigenvalue weighted by atomic mass is 32.2. The highest BCUT2D eigenvalue weighted by molar-refractivity contribution is 8.00. The molecular weight excluding hydrogens is 397 g/mol. The summed E-state index contributed by atoms with van der Waals surface area (Å²) in [6, 6.07) is 5.84. The van der Waals surface area contributed by atoms with E-state index in [1.807, 2.05) is 0 Å². The Kier molecular flexibility index (Phi) is 7.16. The summed E-state index contributed by atoms with van der Waals surface area (Å²) < 4.78 is 14.1. The van der Waals surface area contributed by atoms with Gasteiger partial charge in [-0.1, -0.05) is 43.0 Å². The number of fused-ring (bicyclic) bond motifs is 1. The normalized spacial score (nSPS) is 11.0. The summed E-state index contributed by atoms with van der Waals surface area (Å²) in [6.07, 6.45) is 3.57. The van der Waals surface area contributed by atoms with Crippen LogP contribution in [0, 0.1) is 5.82 Å². The van der Waals surface area contributed by atoms with Gasteiger partial charge >= 0.3 is 0 Å². The Balaban J connectivity index is 1.71. The molecule has 0 atom stereocenters. The van der Waals surface area contributed by atoms with Crippen molar-refractivity contribution in [3.05, 3.63) is 36.4 Å². The van der Waals surface area contributed by atoms with Crippen LogP contribution in [0.4, 0.5) is 15.2 Å². The van der Waals surface area contributed by atoms with Crippen molar-refractivity contribution in [3.8, 4) is 0 Å². The van der Waals surface area contributed by atoms with E-state index in [0.29, 0.717) is 11.3 Å². The first-order valence-electron chi connectivity index (χ1n) is 9.15. The molecule has 0 unspecified atom stereocenters. The maximum absolute atomic E-state index is 13.2. The number of thioether (sulfide) groups is 1. The average molecular weight is 420 g/mol. The number of hydrogen-bond donors (Lipinski definition) is 1. The summed E-state index contributed by atoms with van der Waals surface area (Å²) in [5.74, 6) is -0.432. The van der Waals surface area contributed by atoms with E-state index in [4.69, 9.17) is 0 Å². The van der Waals surface area contributed by atoms with Gasteiger partial charge in [0.2, 0.25) is 5.91 Å². The molecule has 0 bridgehead atoms. The Morgan fingerprint density at radius 2 is 2.04 bits per heavy atom. The molecule has 1 amide bonds. The molecule has 0 spiro atoms. The lowest BCUT2D eigenvalue weighted by Crippen LogP contribution is -2.24. The zero-order valence-corrected chi connectivity index (χ0v) is 17.4. The number of carbonyl (C=O) groups is 1. The molecule has 0 aliphatic heterocycles. The van der Waals surface area contributed by atoms with Crippen molar-refractivity contribution in [3.63, 3.8) is 0 Å². The SMILES string of the molecule is CCCN(CCC)c1nc2ncnc(SCC(=O)Nc3cccc(F)c3)c2s1. The summed E-state index contributed by atoms with van der Waals surface area (Å²) in [6.45, 7) is 6.18. The van der Waals surface area contributed by atoms with E-state index in [-0.39, 0.29) is 17.5 Å². The van der Waals surface area contributed by atoms with Gasteiger partial charge < -0.3 is 10.2 Å². The van der Waals surface area contributed by atoms with Gasteiger partial charge in [0, 0.05) is 18.8 Å². The number of nitrogens with one attached hydrogen (secondary N) is 1. The minimum Gasteiger partial charge on any atom is -0.348 e. The average Bonchev–Trinajstić information content (AvgIpc) is 3.11. The predicted molar refractivity (Wildman–Crippen MR) is 114 cm³/mol. The van der Waals surface area contributed by atoms with Crippen molar-refractivity contribution < 1.29 is 9.18 Å². The summed E-state index contributed by atoms with van der Waals surface area (Å²) in [5, 5.41) is 4.36. The third-order valence-electron chi connectivity index (χ3n) is 3.85. The van der Waals surface area contributed by atoms with Gasteiger partial charge in [0.15, 0.2) is 10.8 Å². The van der Waals surface area contributed by atoms with E-state index in [0.717, 1.165) is 40.8 Å². The van der Waals surface area contributed by atoms with Crippen LogP contribution in [0.2, 0.25) is 0 Å². The molecule has 0 aliphatic carbocycles. The number of aromatic nitrogens is 3. The largest absolute Gasteiger partial charge is 0.348 e. The van der Waals surface area contributed by atoms with Crippen LogP contribution < -0.4 is 10.2 Å². The number of halogens is 1. The molecule has 1 N–H and O–H groups in total. The fourth-order valence-electron chi connectivity index (χ4n) is 2.70. The predicted octanol–water partition coefficient (Wildman–Crippen LogP) is 4.58. The molecule has 28 heavy (non-hydrogen) atoms. The lowest BCUT2D eigenvalue weighted by atomic mass is 10.3. The van der Waals surface area contributed by atoms with Gasteiger partial charge in [-0.25, -0.2) is 14.4 Å². The molecule has 1 aromatic carbocycles. The molecule has 0 fully saturated rings. The van der Waals surface area contributed by atoms with E-state index in [9.17, 15) is 9.18 Å². The van der Waals surface area contributed by atoms with Crippen molar-refractivity contribution in [2.45, 2.75) is 31.7 Å². The Morgan fingerprint density at radius 1 is 1.25 bits per heavy atom. The van der Waals surface area contributed by atoms with Gasteiger partial charge in [-0.15, -0.1) is 0 Å². The number of anilines is 2. The maximum Gasteiger partial charge on any atom is 0.234 e. The summed E-state index contributed by atoms with van der Waals surface area (Å²) in [4.78, 5) is 27.7. The molecule has 2 heterocycles. The summed E-state index contributed by atoms with van der Waals surface area (Å²) >= 11 is 2.89. The summed E-state index contributed by atoms with van der Waals surface area (Å²) in [5.41, 5.74) is 1.09. The second-order valence-electron chi connectivity index (χ2n) is 6.16. The molecule has 2 aromatic heterocycles. The van der Waals surface area contributed by atoms with Gasteiger partial charge in [0.1, 0.15) is 21.9 Å². The van der Waals surface area contributed by atoms with Crippen molar-refractivity contribution >= 4 is 50.2 Å². The fraction of sp³-hybridized carbons (Fsp3) is 0.368. The number of benzene rings is 1. The highest BCUT2D eigenvalue weighted by Crippen LogP contribution is 2.33. The quantitative estimate of drug-likeness (QED) is 0.404. The molecule has 0 aliphatic rings. The number of carbonyl (C=O) groups excluding carboxylic acids is 1. The van der Waals surface area contributed by atoms with E-state index in [1.165, 1.54) is 30.2 Å². The van der Waals surface area contributed by atoms with E-state index in [2.05, 4.69) is 39.0 Å². The Labute approximate surface area is 171 Å². The van der Waals surface area contributed by atoms with Gasteiger partial charge in [0.05, 0.1) is 5.75 Å². The zero-order valence-electron chi connectivity index (χ0n) is 15.8. The monoisotopic (exact) mass is 419 g/mol. The number of nitrogens with zero attached hydrogens (tertiary/aromatic N) is 4. The smallest absolute Gasteiger partial charge is 0.234 e. The minimum atomic E-state index is -0.385. The molecule has 3 rings (SSSR count). The minimum absolute atomic E-state index is 0.170. The standard InChI is InChI=1S/C19H22FN5OS2/c1-3-8-25(9-4-2)19-24-17-16(28-19)18(22-12-21-17)27-11-15(26)23-14-7-5-6-13(20)10-14/h5-7,10,12H,3-4,8-9,11H2,1-2H3,(H,23,26). The van der Waals surface area contributed by atoms with Crippen LogP contribution in [0.1, 0.15) is 26.7 Å². The maximum atomic E-state index is 13.2. The number of thiazole rings is 1. The van der Waals surface area contributed by atoms with Crippen LogP contribution in [0.15, 0.2) is 35.6 Å². The molecule has 0 saturated carbocycles. The van der Waals surface area contributed by atoms with Crippen LogP contribution in [0.3, 0.4) is 0 Å². The fourth-order valence-corrected chi connectivity index (χ4v) is 4.64. The van der Waals surface area contributed by atoms with E-state index >= 15 is 0 Å². The topological polar surface area (TPSA) is 71.0 Å². The van der Waals surface area contributed by atoms with Crippen LogP contribution in [0.25, 0.3) is 10.3 Å². The summed E-state index contributed by atoms with van der Waals surface area (Å²) in [7, 11) is 0. The van der Waals surface area contributed by atoms with Crippen molar-refractivity contribution in [2.24, 2.45) is 0 Å². The zero-order chi connectivity index (χ0) is 19.9. The van der Waals surface area contributed by atoms with Crippen molar-refractivity contribution in [1.82, 2.24) is 15.0 Å². The second-order valence-corrected chi connectivity index (χ2v) is 8.10. The molecular formula is C19H22FN5OS2. The number of rotatable bonds is 9. The van der Waals surface area contributed by atoms with Gasteiger partial charge in [-0.3, -0.25) is 4.79 Å². The molecule has 0 radical (unpaired) electrons. The van der Waals surface area contributed by atoms with Crippen LogP contribution in [-0.2, 0) is 4.79 Å². The molecule has 6 nitrogen and oxygen atoms in total. The first-order valence-corrected chi connectivity index (χ1v) is 11.0. The van der Waals surface area contributed by atoms with Gasteiger partial charge in [-0.2, -0.15) is 4.98 Å². The Hall–Kier alpha value is -2.26. The Bertz CT molecular complexity index is 943. The third kappa shape index (κ3) is 5.17. The van der Waals surface area contributed by atoms with Crippen molar-refractivity contribution in [1.29, 1.82) is 0 Å². The van der Waals surface area contributed by atoms with Crippen molar-refractivity contribution in [2.75, 3.05) is 29.1 Å². The van der Waals surface area contributed by atoms with Gasteiger partial charge in [0.25, 0.3) is 0 Å². The van der Waals surface area contributed by atoms with Crippen LogP contribution >= 0.6 is 23.1 Å². The molecule has 3 aromatic rings. The van der Waals surface area contributed by atoms with Gasteiger partial charge in [-0.05, 0) is 31.0 Å². The van der Waals surface area contributed by atoms with E-state index < -0.39 is 0 Å². The lowest BCUT2D eigenvalue weighted by molar-refractivity contribution is -0.113. The second kappa shape index (κ2) is 9.79. The lowest BCUT2D eigenvalue weighted by Gasteiger charge is -2.19. The molecule has 9 heteroatoms. The first-order chi connectivity index (χ1) is 13.6. The first kappa shape index (κ1) is 20.5.